The van der Waals surface area contributed by atoms with Crippen molar-refractivity contribution in [3.05, 3.63) is 24.3 Å². The summed E-state index contributed by atoms with van der Waals surface area (Å²) in [4.78, 5) is 0. The van der Waals surface area contributed by atoms with E-state index in [2.05, 4.69) is 20.6 Å². The second kappa shape index (κ2) is 4.39. The summed E-state index contributed by atoms with van der Waals surface area (Å²) in [6.07, 6.45) is 0. The van der Waals surface area contributed by atoms with Gasteiger partial charge in [0.25, 0.3) is 0 Å². The molecule has 0 aliphatic carbocycles. The summed E-state index contributed by atoms with van der Waals surface area (Å²) in [5.41, 5.74) is 1.07. The molecule has 2 aromatic rings. The van der Waals surface area contributed by atoms with E-state index in [4.69, 9.17) is 9.31 Å². The van der Waals surface area contributed by atoms with Gasteiger partial charge in [-0.05, 0) is 43.6 Å². The van der Waals surface area contributed by atoms with Gasteiger partial charge >= 0.3 is 7.12 Å². The zero-order valence-electron chi connectivity index (χ0n) is 12.0. The van der Waals surface area contributed by atoms with Crippen molar-refractivity contribution in [3.63, 3.8) is 0 Å². The number of H-pyrrole nitrogens is 1. The Morgan fingerprint density at radius 3 is 2.30 bits per heavy atom. The maximum absolute atomic E-state index is 6.08. The van der Waals surface area contributed by atoms with Crippen molar-refractivity contribution < 1.29 is 9.31 Å². The van der Waals surface area contributed by atoms with Crippen molar-refractivity contribution in [2.75, 3.05) is 0 Å². The second-order valence-corrected chi connectivity index (χ2v) is 5.93. The molecule has 0 spiro atoms. The van der Waals surface area contributed by atoms with Gasteiger partial charge in [0.15, 0.2) is 5.82 Å². The van der Waals surface area contributed by atoms with E-state index in [0.29, 0.717) is 5.82 Å². The van der Waals surface area contributed by atoms with Crippen molar-refractivity contribution in [2.24, 2.45) is 0 Å². The van der Waals surface area contributed by atoms with Crippen LogP contribution in [0.5, 0.6) is 0 Å². The monoisotopic (exact) mass is 272 g/mol. The van der Waals surface area contributed by atoms with E-state index >= 15 is 0 Å². The maximum atomic E-state index is 6.08. The molecule has 0 bridgehead atoms. The molecule has 0 unspecified atom stereocenters. The summed E-state index contributed by atoms with van der Waals surface area (Å²) in [5, 5.41) is 14.0. The van der Waals surface area contributed by atoms with E-state index in [1.165, 1.54) is 0 Å². The third-order valence-corrected chi connectivity index (χ3v) is 4.07. The number of tetrazole rings is 1. The van der Waals surface area contributed by atoms with Crippen LogP contribution in [0.15, 0.2) is 24.3 Å². The Kier molecular flexibility index (Phi) is 2.91. The Balaban J connectivity index is 2.01. The van der Waals surface area contributed by atoms with E-state index in [9.17, 15) is 0 Å². The number of aromatic amines is 1. The molecular weight excluding hydrogens is 255 g/mol. The smallest absolute Gasteiger partial charge is 0.399 e. The average molecular weight is 272 g/mol. The van der Waals surface area contributed by atoms with Crippen molar-refractivity contribution in [1.82, 2.24) is 20.6 Å². The standard InChI is InChI=1S/C13H17BN4O2/c1-12(2)13(3,4)20-14(19-12)10-8-6-5-7-9(10)11-15-17-18-16-11/h5-8H,1-4H3,(H,15,16,17,18). The Morgan fingerprint density at radius 1 is 1.05 bits per heavy atom. The first kappa shape index (κ1) is 13.3. The van der Waals surface area contributed by atoms with Crippen LogP contribution < -0.4 is 5.46 Å². The molecule has 1 aliphatic rings. The minimum Gasteiger partial charge on any atom is -0.399 e. The van der Waals surface area contributed by atoms with E-state index in [0.717, 1.165) is 11.0 Å². The number of nitrogens with one attached hydrogen (secondary N) is 1. The molecule has 1 fully saturated rings. The zero-order valence-corrected chi connectivity index (χ0v) is 12.0. The molecule has 0 amide bonds. The van der Waals surface area contributed by atoms with Crippen molar-refractivity contribution in [3.8, 4) is 11.4 Å². The van der Waals surface area contributed by atoms with Gasteiger partial charge < -0.3 is 9.31 Å². The van der Waals surface area contributed by atoms with E-state index in [1.807, 2.05) is 52.0 Å². The third kappa shape index (κ3) is 2.03. The van der Waals surface area contributed by atoms with Crippen molar-refractivity contribution in [1.29, 1.82) is 0 Å². The van der Waals surface area contributed by atoms with Gasteiger partial charge in [0, 0.05) is 5.56 Å². The number of hydrogen-bond donors (Lipinski definition) is 1. The predicted octanol–water partition coefficient (Wildman–Crippen LogP) is 1.17. The molecule has 7 heteroatoms. The molecular formula is C13H17BN4O2. The highest BCUT2D eigenvalue weighted by molar-refractivity contribution is 6.63. The Bertz CT molecular complexity index is 597. The van der Waals surface area contributed by atoms with Crippen LogP contribution in [-0.2, 0) is 9.31 Å². The molecule has 3 rings (SSSR count). The largest absolute Gasteiger partial charge is 0.495 e. The molecule has 1 aromatic carbocycles. The molecule has 0 saturated carbocycles. The van der Waals surface area contributed by atoms with E-state index < -0.39 is 7.12 Å². The molecule has 104 valence electrons. The SMILES string of the molecule is CC1(C)OB(c2ccccc2-c2nnn[nH]2)OC1(C)C. The fourth-order valence-corrected chi connectivity index (χ4v) is 2.16. The van der Waals surface area contributed by atoms with Crippen LogP contribution >= 0.6 is 0 Å². The van der Waals surface area contributed by atoms with Gasteiger partial charge in [-0.15, -0.1) is 5.10 Å². The third-order valence-electron chi connectivity index (χ3n) is 4.07. The lowest BCUT2D eigenvalue weighted by Gasteiger charge is -2.32. The lowest BCUT2D eigenvalue weighted by atomic mass is 9.76. The Morgan fingerprint density at radius 2 is 1.70 bits per heavy atom. The second-order valence-electron chi connectivity index (χ2n) is 5.93. The lowest BCUT2D eigenvalue weighted by molar-refractivity contribution is 0.00578. The van der Waals surface area contributed by atoms with Crippen LogP contribution in [0.25, 0.3) is 11.4 Å². The molecule has 20 heavy (non-hydrogen) atoms. The van der Waals surface area contributed by atoms with Crippen LogP contribution in [0.4, 0.5) is 0 Å². The van der Waals surface area contributed by atoms with Crippen LogP contribution in [0.3, 0.4) is 0 Å². The average Bonchev–Trinajstić information content (AvgIpc) is 2.97. The van der Waals surface area contributed by atoms with Gasteiger partial charge in [-0.2, -0.15) is 0 Å². The first-order valence-electron chi connectivity index (χ1n) is 6.59. The molecule has 2 heterocycles. The number of aromatic nitrogens is 4. The number of benzene rings is 1. The zero-order chi connectivity index (χ0) is 14.4. The predicted molar refractivity (Wildman–Crippen MR) is 75.3 cm³/mol. The molecule has 0 atom stereocenters. The van der Waals surface area contributed by atoms with Crippen LogP contribution in [0.2, 0.25) is 0 Å². The maximum Gasteiger partial charge on any atom is 0.495 e. The Labute approximate surface area is 118 Å². The highest BCUT2D eigenvalue weighted by Crippen LogP contribution is 2.37. The fourth-order valence-electron chi connectivity index (χ4n) is 2.16. The molecule has 1 saturated heterocycles. The van der Waals surface area contributed by atoms with Gasteiger partial charge in [0.1, 0.15) is 0 Å². The summed E-state index contributed by atoms with van der Waals surface area (Å²) in [5.74, 6) is 0.607. The summed E-state index contributed by atoms with van der Waals surface area (Å²) < 4.78 is 12.2. The minimum atomic E-state index is -0.429. The first-order chi connectivity index (χ1) is 9.41. The summed E-state index contributed by atoms with van der Waals surface area (Å²) in [6, 6.07) is 7.81. The van der Waals surface area contributed by atoms with Gasteiger partial charge in [-0.3, -0.25) is 0 Å². The quantitative estimate of drug-likeness (QED) is 0.831. The van der Waals surface area contributed by atoms with Crippen molar-refractivity contribution >= 4 is 12.6 Å². The van der Waals surface area contributed by atoms with Crippen LogP contribution in [0, 0.1) is 0 Å². The van der Waals surface area contributed by atoms with Gasteiger partial charge in [0.2, 0.25) is 0 Å². The molecule has 1 N–H and O–H groups in total. The van der Waals surface area contributed by atoms with Crippen LogP contribution in [-0.4, -0.2) is 38.9 Å². The van der Waals surface area contributed by atoms with Gasteiger partial charge in [-0.25, -0.2) is 5.10 Å². The van der Waals surface area contributed by atoms with Crippen LogP contribution in [0.1, 0.15) is 27.7 Å². The fraction of sp³-hybridized carbons (Fsp3) is 0.462. The normalized spacial score (nSPS) is 20.3. The van der Waals surface area contributed by atoms with Crippen molar-refractivity contribution in [2.45, 2.75) is 38.9 Å². The number of hydrogen-bond acceptors (Lipinski definition) is 5. The molecule has 1 aliphatic heterocycles. The highest BCUT2D eigenvalue weighted by atomic mass is 16.7. The Hall–Kier alpha value is -1.73. The minimum absolute atomic E-state index is 0.371. The number of nitrogens with zero attached hydrogens (tertiary/aromatic N) is 3. The molecule has 0 radical (unpaired) electrons. The molecule has 6 nitrogen and oxygen atoms in total. The number of rotatable bonds is 2. The van der Waals surface area contributed by atoms with E-state index in [1.54, 1.807) is 0 Å². The van der Waals surface area contributed by atoms with Gasteiger partial charge in [-0.1, -0.05) is 24.3 Å². The topological polar surface area (TPSA) is 72.9 Å². The molecule has 1 aromatic heterocycles. The van der Waals surface area contributed by atoms with E-state index in [-0.39, 0.29) is 11.2 Å². The summed E-state index contributed by atoms with van der Waals surface area (Å²) in [7, 11) is -0.429. The first-order valence-corrected chi connectivity index (χ1v) is 6.59. The summed E-state index contributed by atoms with van der Waals surface area (Å²) >= 11 is 0. The van der Waals surface area contributed by atoms with Gasteiger partial charge in [0.05, 0.1) is 11.2 Å². The summed E-state index contributed by atoms with van der Waals surface area (Å²) in [6.45, 7) is 8.13. The lowest BCUT2D eigenvalue weighted by Crippen LogP contribution is -2.41. The highest BCUT2D eigenvalue weighted by Gasteiger charge is 2.52.